The Kier molecular flexibility index (Phi) is 6.63. The van der Waals surface area contributed by atoms with E-state index < -0.39 is 46.9 Å². The van der Waals surface area contributed by atoms with Crippen LogP contribution in [0.15, 0.2) is 18.2 Å². The lowest BCUT2D eigenvalue weighted by atomic mass is 9.85. The van der Waals surface area contributed by atoms with Gasteiger partial charge in [0, 0.05) is 24.6 Å². The number of nitrogens with zero attached hydrogens (tertiary/aromatic N) is 3. The van der Waals surface area contributed by atoms with Crippen molar-refractivity contribution in [3.63, 3.8) is 0 Å². The SMILES string of the molecule is CC(C)(C)[C@H](NC(=O)c1nn(-c2ccc(F)c(F)c2)c2c1COCC2)C(=O)N1CCC[C@H]1C(N)=O. The molecule has 4 rings (SSSR count). The molecule has 9 nitrogen and oxygen atoms in total. The predicted octanol–water partition coefficient (Wildman–Crippen LogP) is 1.84. The number of hydrogen-bond acceptors (Lipinski definition) is 5. The fourth-order valence-corrected chi connectivity index (χ4v) is 4.59. The Balaban J connectivity index is 1.67. The molecule has 0 saturated carbocycles. The van der Waals surface area contributed by atoms with Crippen molar-refractivity contribution >= 4 is 17.7 Å². The van der Waals surface area contributed by atoms with Crippen molar-refractivity contribution in [1.82, 2.24) is 20.0 Å². The zero-order valence-electron chi connectivity index (χ0n) is 19.9. The third-order valence-corrected chi connectivity index (χ3v) is 6.44. The maximum absolute atomic E-state index is 13.9. The van der Waals surface area contributed by atoms with Crippen molar-refractivity contribution in [3.05, 3.63) is 46.8 Å². The fourth-order valence-electron chi connectivity index (χ4n) is 4.59. The van der Waals surface area contributed by atoms with Crippen LogP contribution < -0.4 is 11.1 Å². The van der Waals surface area contributed by atoms with Crippen molar-refractivity contribution in [3.8, 4) is 5.69 Å². The molecule has 0 unspecified atom stereocenters. The van der Waals surface area contributed by atoms with Gasteiger partial charge in [-0.05, 0) is 30.4 Å². The molecule has 2 aromatic rings. The number of benzene rings is 1. The summed E-state index contributed by atoms with van der Waals surface area (Å²) in [4.78, 5) is 40.1. The van der Waals surface area contributed by atoms with Gasteiger partial charge in [-0.15, -0.1) is 0 Å². The molecule has 0 aliphatic carbocycles. The summed E-state index contributed by atoms with van der Waals surface area (Å²) in [6, 6.07) is 1.72. The van der Waals surface area contributed by atoms with Gasteiger partial charge in [0.1, 0.15) is 12.1 Å². The van der Waals surface area contributed by atoms with Gasteiger partial charge in [-0.1, -0.05) is 20.8 Å². The third-order valence-electron chi connectivity index (χ3n) is 6.44. The van der Waals surface area contributed by atoms with E-state index in [2.05, 4.69) is 10.4 Å². The first-order chi connectivity index (χ1) is 16.5. The average molecular weight is 490 g/mol. The normalized spacial score (nSPS) is 18.8. The number of carbonyl (C=O) groups is 3. The number of halogens is 2. The second kappa shape index (κ2) is 9.37. The highest BCUT2D eigenvalue weighted by molar-refractivity contribution is 5.98. The first-order valence-corrected chi connectivity index (χ1v) is 11.5. The quantitative estimate of drug-likeness (QED) is 0.664. The summed E-state index contributed by atoms with van der Waals surface area (Å²) in [6.07, 6.45) is 1.55. The molecule has 2 atom stereocenters. The van der Waals surface area contributed by atoms with E-state index in [4.69, 9.17) is 10.5 Å². The number of nitrogens with one attached hydrogen (secondary N) is 1. The van der Waals surface area contributed by atoms with Gasteiger partial charge in [0.2, 0.25) is 11.8 Å². The van der Waals surface area contributed by atoms with Crippen LogP contribution in [-0.4, -0.2) is 57.6 Å². The van der Waals surface area contributed by atoms with Crippen molar-refractivity contribution < 1.29 is 27.9 Å². The van der Waals surface area contributed by atoms with Crippen LogP contribution in [0.3, 0.4) is 0 Å². The molecule has 1 aromatic carbocycles. The van der Waals surface area contributed by atoms with Crippen LogP contribution in [0.4, 0.5) is 8.78 Å². The Hall–Kier alpha value is -3.34. The van der Waals surface area contributed by atoms with Crippen molar-refractivity contribution in [2.45, 2.75) is 58.7 Å². The lowest BCUT2D eigenvalue weighted by Crippen LogP contribution is -2.57. The van der Waals surface area contributed by atoms with E-state index in [0.717, 1.165) is 12.1 Å². The molecule has 0 spiro atoms. The van der Waals surface area contributed by atoms with E-state index in [-0.39, 0.29) is 18.0 Å². The van der Waals surface area contributed by atoms with E-state index in [0.29, 0.717) is 43.7 Å². The number of aromatic nitrogens is 2. The molecule has 1 aromatic heterocycles. The second-order valence-corrected chi connectivity index (χ2v) is 9.95. The molecule has 2 aliphatic heterocycles. The smallest absolute Gasteiger partial charge is 0.272 e. The van der Waals surface area contributed by atoms with Gasteiger partial charge in [-0.25, -0.2) is 13.5 Å². The highest BCUT2D eigenvalue weighted by Crippen LogP contribution is 2.28. The van der Waals surface area contributed by atoms with E-state index in [9.17, 15) is 23.2 Å². The molecule has 1 saturated heterocycles. The van der Waals surface area contributed by atoms with Gasteiger partial charge in [0.05, 0.1) is 24.6 Å². The monoisotopic (exact) mass is 489 g/mol. The number of nitrogens with two attached hydrogens (primary N) is 1. The molecule has 188 valence electrons. The molecule has 35 heavy (non-hydrogen) atoms. The van der Waals surface area contributed by atoms with E-state index in [1.54, 1.807) is 0 Å². The molecule has 3 N–H and O–H groups in total. The zero-order valence-corrected chi connectivity index (χ0v) is 19.9. The van der Waals surface area contributed by atoms with Crippen LogP contribution in [0, 0.1) is 17.0 Å². The minimum atomic E-state index is -1.03. The van der Waals surface area contributed by atoms with Crippen molar-refractivity contribution in [2.75, 3.05) is 13.2 Å². The molecule has 0 bridgehead atoms. The summed E-state index contributed by atoms with van der Waals surface area (Å²) in [5, 5.41) is 7.20. The van der Waals surface area contributed by atoms with Crippen LogP contribution in [0.1, 0.15) is 55.4 Å². The standard InChI is InChI=1S/C24H29F2N5O4/c1-24(2,3)20(23(34)30-9-4-5-18(30)21(27)32)28-22(33)19-14-12-35-10-8-17(14)31(29-19)13-6-7-15(25)16(26)11-13/h6-7,11,18,20H,4-5,8-10,12H2,1-3H3,(H2,27,32)(H,28,33)/t18-,20+/m0/s1. The number of rotatable bonds is 5. The molecular weight excluding hydrogens is 460 g/mol. The average Bonchev–Trinajstić information content (AvgIpc) is 3.43. The lowest BCUT2D eigenvalue weighted by molar-refractivity contribution is -0.140. The lowest BCUT2D eigenvalue weighted by Gasteiger charge is -2.35. The summed E-state index contributed by atoms with van der Waals surface area (Å²) in [6.45, 7) is 6.31. The zero-order chi connectivity index (χ0) is 25.5. The largest absolute Gasteiger partial charge is 0.376 e. The summed E-state index contributed by atoms with van der Waals surface area (Å²) in [5.41, 5.74) is 6.29. The van der Waals surface area contributed by atoms with Crippen molar-refractivity contribution in [1.29, 1.82) is 0 Å². The topological polar surface area (TPSA) is 120 Å². The highest BCUT2D eigenvalue weighted by Gasteiger charge is 2.42. The second-order valence-electron chi connectivity index (χ2n) is 9.95. The summed E-state index contributed by atoms with van der Waals surface area (Å²) in [5.74, 6) is -3.59. The van der Waals surface area contributed by atoms with Crippen molar-refractivity contribution in [2.24, 2.45) is 11.1 Å². The molecule has 2 aliphatic rings. The fraction of sp³-hybridized carbons (Fsp3) is 0.500. The van der Waals surface area contributed by atoms with E-state index in [1.807, 2.05) is 20.8 Å². The Morgan fingerprint density at radius 1 is 1.23 bits per heavy atom. The third kappa shape index (κ3) is 4.77. The molecule has 3 heterocycles. The van der Waals surface area contributed by atoms with E-state index in [1.165, 1.54) is 15.6 Å². The van der Waals surface area contributed by atoms with Crippen LogP contribution in [0.5, 0.6) is 0 Å². The van der Waals surface area contributed by atoms with Gasteiger partial charge >= 0.3 is 0 Å². The Labute approximate surface area is 201 Å². The number of carbonyl (C=O) groups excluding carboxylic acids is 3. The first kappa shape index (κ1) is 24.8. The van der Waals surface area contributed by atoms with Gasteiger partial charge in [0.25, 0.3) is 5.91 Å². The predicted molar refractivity (Wildman–Crippen MR) is 121 cm³/mol. The molecule has 1 fully saturated rings. The molecule has 11 heteroatoms. The number of amides is 3. The maximum atomic E-state index is 13.9. The van der Waals surface area contributed by atoms with E-state index >= 15 is 0 Å². The van der Waals surface area contributed by atoms with Crippen LogP contribution >= 0.6 is 0 Å². The highest BCUT2D eigenvalue weighted by atomic mass is 19.2. The summed E-state index contributed by atoms with van der Waals surface area (Å²) >= 11 is 0. The maximum Gasteiger partial charge on any atom is 0.272 e. The minimum absolute atomic E-state index is 0.0411. The van der Waals surface area contributed by atoms with Crippen LogP contribution in [-0.2, 0) is 27.4 Å². The summed E-state index contributed by atoms with van der Waals surface area (Å²) < 4.78 is 34.3. The number of primary amides is 1. The molecule has 3 amide bonds. The molecular formula is C24H29F2N5O4. The Morgan fingerprint density at radius 2 is 1.97 bits per heavy atom. The Bertz CT molecular complexity index is 1170. The number of ether oxygens (including phenoxy) is 1. The molecule has 0 radical (unpaired) electrons. The first-order valence-electron chi connectivity index (χ1n) is 11.5. The minimum Gasteiger partial charge on any atom is -0.376 e. The number of fused-ring (bicyclic) bond motifs is 1. The Morgan fingerprint density at radius 3 is 2.63 bits per heavy atom. The van der Waals surface area contributed by atoms with Gasteiger partial charge in [-0.3, -0.25) is 14.4 Å². The van der Waals surface area contributed by atoms with Crippen LogP contribution in [0.2, 0.25) is 0 Å². The number of likely N-dealkylation sites (tertiary alicyclic amines) is 1. The van der Waals surface area contributed by atoms with Crippen LogP contribution in [0.25, 0.3) is 5.69 Å². The number of hydrogen-bond donors (Lipinski definition) is 2. The summed E-state index contributed by atoms with van der Waals surface area (Å²) in [7, 11) is 0. The van der Waals surface area contributed by atoms with Gasteiger partial charge < -0.3 is 20.7 Å². The van der Waals surface area contributed by atoms with Gasteiger partial charge in [-0.2, -0.15) is 5.10 Å². The van der Waals surface area contributed by atoms with Gasteiger partial charge in [0.15, 0.2) is 17.3 Å².